The Labute approximate surface area is 88.3 Å². The molecule has 0 amide bonds. The van der Waals surface area contributed by atoms with Crippen LogP contribution in [0.2, 0.25) is 0 Å². The molecule has 0 bridgehead atoms. The highest BCUT2D eigenvalue weighted by Gasteiger charge is 2.16. The van der Waals surface area contributed by atoms with Crippen LogP contribution in [-0.2, 0) is 4.79 Å². The van der Waals surface area contributed by atoms with Crippen molar-refractivity contribution in [3.63, 3.8) is 0 Å². The number of nitrogens with two attached hydrogens (primary N) is 1. The van der Waals surface area contributed by atoms with Crippen LogP contribution in [0.4, 0.5) is 0 Å². The van der Waals surface area contributed by atoms with Crippen molar-refractivity contribution in [2.45, 2.75) is 25.8 Å². The Bertz CT molecular complexity index is 310. The molecular weight excluding hydrogens is 200 g/mol. The molecule has 0 radical (unpaired) electrons. The molecule has 78 valence electrons. The van der Waals surface area contributed by atoms with E-state index < -0.39 is 12.0 Å². The first-order valence-electron chi connectivity index (χ1n) is 4.32. The summed E-state index contributed by atoms with van der Waals surface area (Å²) in [4.78, 5) is 10.5. The lowest BCUT2D eigenvalue weighted by Crippen LogP contribution is -2.31. The summed E-state index contributed by atoms with van der Waals surface area (Å²) in [6.45, 7) is 1.95. The van der Waals surface area contributed by atoms with Gasteiger partial charge in [0.1, 0.15) is 6.04 Å². The minimum atomic E-state index is -0.968. The third kappa shape index (κ3) is 2.78. The van der Waals surface area contributed by atoms with Crippen molar-refractivity contribution in [2.75, 3.05) is 0 Å². The number of carboxylic acid groups (broad SMARTS) is 1. The van der Waals surface area contributed by atoms with E-state index in [1.165, 1.54) is 0 Å². The predicted molar refractivity (Wildman–Crippen MR) is 57.7 cm³/mol. The number of hydrogen-bond acceptors (Lipinski definition) is 4. The molecule has 0 unspecified atom stereocenters. The zero-order chi connectivity index (χ0) is 10.7. The molecule has 4 N–H and O–H groups in total. The van der Waals surface area contributed by atoms with Crippen LogP contribution in [0.3, 0.4) is 0 Å². The predicted octanol–water partition coefficient (Wildman–Crippen LogP) is 0.827. The molecule has 5 heteroatoms. The van der Waals surface area contributed by atoms with Gasteiger partial charge in [-0.25, -0.2) is 0 Å². The van der Waals surface area contributed by atoms with Gasteiger partial charge in [0.2, 0.25) is 0 Å². The smallest absolute Gasteiger partial charge is 0.320 e. The fourth-order valence-electron chi connectivity index (χ4n) is 1.27. The van der Waals surface area contributed by atoms with E-state index in [0.717, 1.165) is 22.6 Å². The Hall–Kier alpha value is -0.940. The van der Waals surface area contributed by atoms with Crippen molar-refractivity contribution in [3.05, 3.63) is 22.4 Å². The second kappa shape index (κ2) is 4.52. The lowest BCUT2D eigenvalue weighted by molar-refractivity contribution is -0.138. The van der Waals surface area contributed by atoms with E-state index in [2.05, 4.69) is 17.9 Å². The van der Waals surface area contributed by atoms with Gasteiger partial charge in [0, 0.05) is 6.20 Å². The maximum Gasteiger partial charge on any atom is 0.320 e. The quantitative estimate of drug-likeness (QED) is 0.525. The van der Waals surface area contributed by atoms with Crippen LogP contribution < -0.4 is 11.1 Å². The first-order chi connectivity index (χ1) is 6.50. The molecule has 1 atom stereocenters. The molecule has 0 aromatic heterocycles. The fourth-order valence-corrected chi connectivity index (χ4v) is 1.41. The van der Waals surface area contributed by atoms with E-state index in [9.17, 15) is 4.79 Å². The monoisotopic (exact) mass is 214 g/mol. The van der Waals surface area contributed by atoms with Crippen molar-refractivity contribution in [2.24, 2.45) is 5.73 Å². The Morgan fingerprint density at radius 1 is 1.86 bits per heavy atom. The zero-order valence-electron chi connectivity index (χ0n) is 7.95. The molecule has 0 aromatic carbocycles. The third-order valence-corrected chi connectivity index (χ3v) is 2.62. The first kappa shape index (κ1) is 11.1. The Balaban J connectivity index is 2.54. The minimum absolute atomic E-state index is 0.376. The number of allylic oxidation sites excluding steroid dienone is 1. The molecule has 4 nitrogen and oxygen atoms in total. The Morgan fingerprint density at radius 3 is 3.00 bits per heavy atom. The summed E-state index contributed by atoms with van der Waals surface area (Å²) in [7, 11) is 0. The molecule has 1 aliphatic rings. The highest BCUT2D eigenvalue weighted by molar-refractivity contribution is 7.84. The highest BCUT2D eigenvalue weighted by Crippen LogP contribution is 2.22. The fraction of sp³-hybridized carbons (Fsp3) is 0.444. The second-order valence-electron chi connectivity index (χ2n) is 3.40. The van der Waals surface area contributed by atoms with Gasteiger partial charge in [-0.15, -0.1) is 12.6 Å². The second-order valence-corrected chi connectivity index (χ2v) is 3.85. The van der Waals surface area contributed by atoms with Gasteiger partial charge in [-0.1, -0.05) is 0 Å². The van der Waals surface area contributed by atoms with Crippen LogP contribution >= 0.6 is 12.6 Å². The minimum Gasteiger partial charge on any atom is -0.480 e. The van der Waals surface area contributed by atoms with Gasteiger partial charge in [0.25, 0.3) is 0 Å². The van der Waals surface area contributed by atoms with Crippen LogP contribution in [-0.4, -0.2) is 17.1 Å². The van der Waals surface area contributed by atoms with E-state index in [1.54, 1.807) is 6.20 Å². The van der Waals surface area contributed by atoms with E-state index in [1.807, 2.05) is 6.92 Å². The molecule has 0 fully saturated rings. The highest BCUT2D eigenvalue weighted by atomic mass is 32.1. The average molecular weight is 214 g/mol. The molecule has 0 saturated carbocycles. The SMILES string of the molecule is CC1=C(S)NC=C(C[C@H](N)C(=O)O)C1. The molecular formula is C9H14N2O2S. The molecule has 0 saturated heterocycles. The van der Waals surface area contributed by atoms with Gasteiger partial charge < -0.3 is 16.2 Å². The summed E-state index contributed by atoms with van der Waals surface area (Å²) in [5, 5.41) is 12.4. The molecule has 0 aromatic rings. The summed E-state index contributed by atoms with van der Waals surface area (Å²) in [6, 6.07) is -0.822. The molecule has 0 spiro atoms. The number of dihydropyridines is 1. The van der Waals surface area contributed by atoms with Gasteiger partial charge >= 0.3 is 5.97 Å². The van der Waals surface area contributed by atoms with Crippen LogP contribution in [0, 0.1) is 0 Å². The maximum absolute atomic E-state index is 10.5. The van der Waals surface area contributed by atoms with E-state index >= 15 is 0 Å². The maximum atomic E-state index is 10.5. The molecule has 1 heterocycles. The summed E-state index contributed by atoms with van der Waals surface area (Å²) < 4.78 is 0. The number of aliphatic carboxylic acids is 1. The van der Waals surface area contributed by atoms with Crippen molar-refractivity contribution < 1.29 is 9.90 Å². The molecule has 1 rings (SSSR count). The lowest BCUT2D eigenvalue weighted by atomic mass is 9.99. The number of carboxylic acids is 1. The zero-order valence-corrected chi connectivity index (χ0v) is 8.84. The van der Waals surface area contributed by atoms with Crippen molar-refractivity contribution in [3.8, 4) is 0 Å². The molecule has 14 heavy (non-hydrogen) atoms. The van der Waals surface area contributed by atoms with Crippen molar-refractivity contribution >= 4 is 18.6 Å². The van der Waals surface area contributed by atoms with Gasteiger partial charge in [0.05, 0.1) is 5.03 Å². The largest absolute Gasteiger partial charge is 0.480 e. The normalized spacial score (nSPS) is 18.6. The van der Waals surface area contributed by atoms with Crippen LogP contribution in [0.15, 0.2) is 22.4 Å². The van der Waals surface area contributed by atoms with E-state index in [-0.39, 0.29) is 0 Å². The van der Waals surface area contributed by atoms with Crippen LogP contribution in [0.5, 0.6) is 0 Å². The number of rotatable bonds is 3. The summed E-state index contributed by atoms with van der Waals surface area (Å²) in [5.74, 6) is -0.968. The summed E-state index contributed by atoms with van der Waals surface area (Å²) in [6.07, 6.45) is 2.89. The van der Waals surface area contributed by atoms with E-state index in [4.69, 9.17) is 10.8 Å². The topological polar surface area (TPSA) is 75.3 Å². The molecule has 1 aliphatic heterocycles. The Morgan fingerprint density at radius 2 is 2.50 bits per heavy atom. The lowest BCUT2D eigenvalue weighted by Gasteiger charge is -2.18. The third-order valence-electron chi connectivity index (χ3n) is 2.11. The van der Waals surface area contributed by atoms with Crippen LogP contribution in [0.1, 0.15) is 19.8 Å². The number of hydrogen-bond donors (Lipinski definition) is 4. The van der Waals surface area contributed by atoms with Crippen molar-refractivity contribution in [1.29, 1.82) is 0 Å². The standard InChI is InChI=1S/C9H14N2O2S/c1-5-2-6(4-11-8(5)14)3-7(10)9(12)13/h4,7,11,14H,2-3,10H2,1H3,(H,12,13)/t7-/m0/s1. The van der Waals surface area contributed by atoms with Gasteiger partial charge in [-0.2, -0.15) is 0 Å². The van der Waals surface area contributed by atoms with Gasteiger partial charge in [0.15, 0.2) is 0 Å². The van der Waals surface area contributed by atoms with Crippen molar-refractivity contribution in [1.82, 2.24) is 5.32 Å². The summed E-state index contributed by atoms with van der Waals surface area (Å²) in [5.41, 5.74) is 7.52. The number of carbonyl (C=O) groups is 1. The number of thiol groups is 1. The van der Waals surface area contributed by atoms with Crippen LogP contribution in [0.25, 0.3) is 0 Å². The van der Waals surface area contributed by atoms with Gasteiger partial charge in [-0.3, -0.25) is 4.79 Å². The molecule has 0 aliphatic carbocycles. The summed E-state index contributed by atoms with van der Waals surface area (Å²) >= 11 is 4.20. The first-order valence-corrected chi connectivity index (χ1v) is 4.77. The van der Waals surface area contributed by atoms with E-state index in [0.29, 0.717) is 6.42 Å². The number of nitrogens with one attached hydrogen (secondary N) is 1. The Kier molecular flexibility index (Phi) is 3.60. The average Bonchev–Trinajstić information content (AvgIpc) is 2.11. The van der Waals surface area contributed by atoms with Gasteiger partial charge in [-0.05, 0) is 30.9 Å².